The van der Waals surface area contributed by atoms with Gasteiger partial charge in [0, 0.05) is 17.7 Å². The Morgan fingerprint density at radius 3 is 1.65 bits per heavy atom. The predicted molar refractivity (Wildman–Crippen MR) is 135 cm³/mol. The molecule has 1 N–H and O–H groups in total. The molecule has 0 amide bonds. The van der Waals surface area contributed by atoms with E-state index in [0.29, 0.717) is 38.2 Å². The highest BCUT2D eigenvalue weighted by atomic mass is 19.2. The minimum absolute atomic E-state index is 0.0997. The Hall–Kier alpha value is -3.44. The quantitative estimate of drug-likeness (QED) is 0.263. The normalized spacial score (nSPS) is 14.8. The van der Waals surface area contributed by atoms with Crippen LogP contribution >= 0.6 is 0 Å². The van der Waals surface area contributed by atoms with Crippen LogP contribution in [0, 0.1) is 40.8 Å². The standard InChI is InChI=1S/C29H29F6NO4/c1-38-18-6-4-16(5-7-18)8-11-36-12-9-17(10-13-36)29(37,19-14-21(30)27(39-2)25(34)23(19)32)20-15-22(31)28(40-3)26(35)24(20)33/h4-7,14-15,17,37H,8-13H2,1-3H3. The zero-order valence-electron chi connectivity index (χ0n) is 22.2. The van der Waals surface area contributed by atoms with Gasteiger partial charge in [-0.2, -0.15) is 8.78 Å². The fraction of sp³-hybridized carbons (Fsp3) is 0.379. The molecule has 1 aliphatic heterocycles. The maximum atomic E-state index is 15.3. The molecule has 0 radical (unpaired) electrons. The lowest BCUT2D eigenvalue weighted by Crippen LogP contribution is -2.46. The molecule has 1 saturated heterocycles. The summed E-state index contributed by atoms with van der Waals surface area (Å²) in [5.74, 6) is -12.2. The maximum absolute atomic E-state index is 15.3. The van der Waals surface area contributed by atoms with Crippen molar-refractivity contribution in [1.29, 1.82) is 0 Å². The van der Waals surface area contributed by atoms with Gasteiger partial charge in [0.25, 0.3) is 0 Å². The van der Waals surface area contributed by atoms with E-state index >= 15 is 8.78 Å². The number of aliphatic hydroxyl groups is 1. The number of hydrogen-bond donors (Lipinski definition) is 1. The third kappa shape index (κ3) is 5.32. The van der Waals surface area contributed by atoms with E-state index in [4.69, 9.17) is 4.74 Å². The second-order valence-electron chi connectivity index (χ2n) is 9.61. The van der Waals surface area contributed by atoms with Gasteiger partial charge in [-0.25, -0.2) is 17.6 Å². The molecule has 0 aliphatic carbocycles. The lowest BCUT2D eigenvalue weighted by Gasteiger charge is -2.42. The summed E-state index contributed by atoms with van der Waals surface area (Å²) in [6.07, 6.45) is 0.886. The monoisotopic (exact) mass is 569 g/mol. The molecule has 0 saturated carbocycles. The fourth-order valence-electron chi connectivity index (χ4n) is 5.32. The molecule has 4 rings (SSSR count). The second kappa shape index (κ2) is 12.0. The number of benzene rings is 3. The van der Waals surface area contributed by atoms with Gasteiger partial charge in [0.05, 0.1) is 21.3 Å². The van der Waals surface area contributed by atoms with E-state index in [9.17, 15) is 22.7 Å². The predicted octanol–water partition coefficient (Wildman–Crippen LogP) is 5.74. The molecule has 1 aliphatic rings. The number of methoxy groups -OCH3 is 3. The van der Waals surface area contributed by atoms with Crippen LogP contribution in [0.4, 0.5) is 26.3 Å². The minimum Gasteiger partial charge on any atom is -0.497 e. The van der Waals surface area contributed by atoms with Crippen molar-refractivity contribution in [2.24, 2.45) is 5.92 Å². The summed E-state index contributed by atoms with van der Waals surface area (Å²) in [4.78, 5) is 2.05. The van der Waals surface area contributed by atoms with Crippen molar-refractivity contribution in [3.63, 3.8) is 0 Å². The number of likely N-dealkylation sites (tertiary alicyclic amines) is 1. The van der Waals surface area contributed by atoms with E-state index in [2.05, 4.69) is 14.4 Å². The zero-order chi connectivity index (χ0) is 29.2. The molecule has 0 bridgehead atoms. The molecule has 0 atom stereocenters. The van der Waals surface area contributed by atoms with Crippen LogP contribution in [0.3, 0.4) is 0 Å². The van der Waals surface area contributed by atoms with E-state index in [-0.39, 0.29) is 12.8 Å². The number of halogens is 6. The molecule has 216 valence electrons. The number of nitrogens with zero attached hydrogens (tertiary/aromatic N) is 1. The van der Waals surface area contributed by atoms with Gasteiger partial charge in [-0.3, -0.25) is 0 Å². The lowest BCUT2D eigenvalue weighted by molar-refractivity contribution is -0.0206. The first-order valence-electron chi connectivity index (χ1n) is 12.6. The summed E-state index contributed by atoms with van der Waals surface area (Å²) < 4.78 is 104. The Balaban J connectivity index is 1.69. The minimum atomic E-state index is -2.84. The maximum Gasteiger partial charge on any atom is 0.204 e. The van der Waals surface area contributed by atoms with Gasteiger partial charge in [-0.1, -0.05) is 12.1 Å². The Kier molecular flexibility index (Phi) is 8.84. The first-order chi connectivity index (χ1) is 19.1. The van der Waals surface area contributed by atoms with Crippen LogP contribution in [0.1, 0.15) is 29.5 Å². The first-order valence-corrected chi connectivity index (χ1v) is 12.6. The van der Waals surface area contributed by atoms with Crippen molar-refractivity contribution in [3.8, 4) is 17.2 Å². The second-order valence-corrected chi connectivity index (χ2v) is 9.61. The third-order valence-corrected chi connectivity index (χ3v) is 7.52. The largest absolute Gasteiger partial charge is 0.497 e. The molecule has 0 aromatic heterocycles. The molecule has 3 aromatic rings. The average Bonchev–Trinajstić information content (AvgIpc) is 2.96. The Labute approximate surface area is 227 Å². The van der Waals surface area contributed by atoms with E-state index in [1.165, 1.54) is 0 Å². The molecule has 3 aromatic carbocycles. The van der Waals surface area contributed by atoms with Gasteiger partial charge in [-0.15, -0.1) is 0 Å². The molecule has 1 fully saturated rings. The fourth-order valence-corrected chi connectivity index (χ4v) is 5.32. The molecule has 0 unspecified atom stereocenters. The van der Waals surface area contributed by atoms with Crippen LogP contribution in [-0.2, 0) is 12.0 Å². The molecule has 40 heavy (non-hydrogen) atoms. The first kappa shape index (κ1) is 29.5. The Morgan fingerprint density at radius 2 is 1.23 bits per heavy atom. The SMILES string of the molecule is COc1ccc(CCN2CCC(C(O)(c3cc(F)c(OC)c(F)c3F)c3cc(F)c(OC)c(F)c3F)CC2)cc1. The van der Waals surface area contributed by atoms with Crippen molar-refractivity contribution in [2.75, 3.05) is 41.0 Å². The van der Waals surface area contributed by atoms with Crippen LogP contribution in [0.2, 0.25) is 0 Å². The molecule has 5 nitrogen and oxygen atoms in total. The summed E-state index contributed by atoms with van der Waals surface area (Å²) in [5, 5.41) is 12.0. The molecular formula is C29H29F6NO4. The van der Waals surface area contributed by atoms with Crippen molar-refractivity contribution in [1.82, 2.24) is 4.90 Å². The third-order valence-electron chi connectivity index (χ3n) is 7.52. The average molecular weight is 570 g/mol. The summed E-state index contributed by atoms with van der Waals surface area (Å²) in [6.45, 7) is 1.31. The molecule has 0 spiro atoms. The highest BCUT2D eigenvalue weighted by molar-refractivity contribution is 5.45. The molecule has 11 heteroatoms. The van der Waals surface area contributed by atoms with Crippen molar-refractivity contribution >= 4 is 0 Å². The van der Waals surface area contributed by atoms with Crippen LogP contribution in [0.25, 0.3) is 0 Å². The highest BCUT2D eigenvalue weighted by Gasteiger charge is 2.48. The van der Waals surface area contributed by atoms with Gasteiger partial charge >= 0.3 is 0 Å². The number of rotatable bonds is 9. The van der Waals surface area contributed by atoms with Crippen LogP contribution < -0.4 is 14.2 Å². The summed E-state index contributed by atoms with van der Waals surface area (Å²) in [7, 11) is 3.41. The van der Waals surface area contributed by atoms with Gasteiger partial charge in [0.1, 0.15) is 11.4 Å². The summed E-state index contributed by atoms with van der Waals surface area (Å²) in [6, 6.07) is 8.46. The van der Waals surface area contributed by atoms with E-state index in [1.807, 2.05) is 24.3 Å². The number of piperidine rings is 1. The van der Waals surface area contributed by atoms with Crippen molar-refractivity contribution in [3.05, 3.63) is 88.0 Å². The van der Waals surface area contributed by atoms with E-state index in [0.717, 1.165) is 25.5 Å². The Morgan fingerprint density at radius 1 is 0.750 bits per heavy atom. The van der Waals surface area contributed by atoms with Gasteiger partial charge in [0.15, 0.2) is 34.8 Å². The van der Waals surface area contributed by atoms with E-state index < -0.39 is 69.0 Å². The van der Waals surface area contributed by atoms with Crippen LogP contribution in [0.5, 0.6) is 17.2 Å². The highest BCUT2D eigenvalue weighted by Crippen LogP contribution is 2.47. The summed E-state index contributed by atoms with van der Waals surface area (Å²) in [5.41, 5.74) is -3.78. The zero-order valence-corrected chi connectivity index (χ0v) is 22.2. The number of hydrogen-bond acceptors (Lipinski definition) is 5. The van der Waals surface area contributed by atoms with Crippen molar-refractivity contribution in [2.45, 2.75) is 24.9 Å². The van der Waals surface area contributed by atoms with Gasteiger partial charge < -0.3 is 24.2 Å². The van der Waals surface area contributed by atoms with Crippen LogP contribution in [0.15, 0.2) is 36.4 Å². The smallest absolute Gasteiger partial charge is 0.204 e. The number of ether oxygens (including phenoxy) is 3. The topological polar surface area (TPSA) is 51.2 Å². The molecular weight excluding hydrogens is 540 g/mol. The lowest BCUT2D eigenvalue weighted by atomic mass is 9.71. The molecule has 1 heterocycles. The summed E-state index contributed by atoms with van der Waals surface area (Å²) >= 11 is 0. The Bertz CT molecular complexity index is 1290. The van der Waals surface area contributed by atoms with Gasteiger partial charge in [-0.05, 0) is 68.1 Å². The van der Waals surface area contributed by atoms with Crippen molar-refractivity contribution < 1.29 is 45.7 Å². The van der Waals surface area contributed by atoms with Crippen LogP contribution in [-0.4, -0.2) is 51.0 Å². The van der Waals surface area contributed by atoms with E-state index in [1.54, 1.807) is 7.11 Å². The van der Waals surface area contributed by atoms with Gasteiger partial charge in [0.2, 0.25) is 11.6 Å².